The number of rotatable bonds is 5. The molecule has 0 atom stereocenters. The number of nitrogens with one attached hydrogen (secondary N) is 1. The fraction of sp³-hybridized carbons (Fsp3) is 0.467. The quantitative estimate of drug-likeness (QED) is 0.476. The van der Waals surface area contributed by atoms with E-state index in [1.807, 2.05) is 26.0 Å². The molecule has 1 N–H and O–H groups in total. The van der Waals surface area contributed by atoms with E-state index >= 15 is 0 Å². The Bertz CT molecular complexity index is 300. The number of carbonyl (C=O) groups is 1. The molecule has 0 bridgehead atoms. The molecule has 0 saturated heterocycles. The van der Waals surface area contributed by atoms with Gasteiger partial charge in [-0.25, -0.2) is 0 Å². The number of hydrogen-bond acceptors (Lipinski definition) is 1. The van der Waals surface area contributed by atoms with Gasteiger partial charge in [-0.15, -0.1) is 0 Å². The molecule has 1 amide bonds. The molecule has 0 radical (unpaired) electrons. The molecule has 0 aliphatic rings. The summed E-state index contributed by atoms with van der Waals surface area (Å²) in [6, 6.07) is 8.24. The van der Waals surface area contributed by atoms with Gasteiger partial charge in [-0.2, -0.15) is 0 Å². The summed E-state index contributed by atoms with van der Waals surface area (Å²) in [4.78, 5) is 10.2. The summed E-state index contributed by atoms with van der Waals surface area (Å²) >= 11 is 0. The van der Waals surface area contributed by atoms with E-state index in [1.54, 1.807) is 0 Å². The molecule has 0 aromatic heterocycles. The fourth-order valence-electron chi connectivity index (χ4n) is 1.52. The zero-order valence-electron chi connectivity index (χ0n) is 12.8. The molecule has 0 spiro atoms. The van der Waals surface area contributed by atoms with Crippen molar-refractivity contribution in [2.24, 2.45) is 5.92 Å². The van der Waals surface area contributed by atoms with Gasteiger partial charge in [0.2, 0.25) is 6.41 Å². The maximum absolute atomic E-state index is 10.2. The minimum atomic E-state index is 0. The molecule has 0 saturated carbocycles. The van der Waals surface area contributed by atoms with Crippen molar-refractivity contribution < 1.29 is 56.2 Å². The number of amides is 1. The average Bonchev–Trinajstić information content (AvgIpc) is 2.30. The molecule has 1 rings (SSSR count). The molecule has 18 heavy (non-hydrogen) atoms. The summed E-state index contributed by atoms with van der Waals surface area (Å²) in [6.07, 6.45) is 1.81. The van der Waals surface area contributed by atoms with Crippen molar-refractivity contribution in [1.29, 1.82) is 0 Å². The molecule has 0 aliphatic heterocycles. The number of benzene rings is 1. The molecular formula is C15H26KNO. The molecule has 98 valence electrons. The van der Waals surface area contributed by atoms with Crippen LogP contribution in [0.3, 0.4) is 0 Å². The van der Waals surface area contributed by atoms with Crippen LogP contribution in [0.4, 0.5) is 0 Å². The molecule has 0 unspecified atom stereocenters. The summed E-state index contributed by atoms with van der Waals surface area (Å²) in [5.41, 5.74) is 2.55. The van der Waals surface area contributed by atoms with Crippen LogP contribution >= 0.6 is 0 Å². The van der Waals surface area contributed by atoms with Crippen LogP contribution in [0.1, 0.15) is 38.8 Å². The van der Waals surface area contributed by atoms with E-state index in [-0.39, 0.29) is 58.8 Å². The van der Waals surface area contributed by atoms with Crippen LogP contribution in [-0.2, 0) is 17.8 Å². The maximum Gasteiger partial charge on any atom is 1.00 e. The second-order valence-corrected chi connectivity index (χ2v) is 3.87. The van der Waals surface area contributed by atoms with Crippen LogP contribution < -0.4 is 56.7 Å². The minimum absolute atomic E-state index is 0. The van der Waals surface area contributed by atoms with Crippen molar-refractivity contribution in [3.63, 3.8) is 0 Å². The summed E-state index contributed by atoms with van der Waals surface area (Å²) in [7, 11) is 0. The van der Waals surface area contributed by atoms with Gasteiger partial charge in [-0.1, -0.05) is 52.0 Å². The average molecular weight is 275 g/mol. The van der Waals surface area contributed by atoms with E-state index in [0.29, 0.717) is 12.5 Å². The topological polar surface area (TPSA) is 29.1 Å². The number of hydrogen-bond donors (Lipinski definition) is 1. The molecule has 2 nitrogen and oxygen atoms in total. The van der Waals surface area contributed by atoms with E-state index < -0.39 is 0 Å². The molecule has 1 aromatic rings. The first-order valence-corrected chi connectivity index (χ1v) is 5.98. The first-order valence-electron chi connectivity index (χ1n) is 5.98. The van der Waals surface area contributed by atoms with Crippen molar-refractivity contribution in [2.45, 2.75) is 40.7 Å². The Balaban J connectivity index is -0.000000534. The fourth-order valence-corrected chi connectivity index (χ4v) is 1.52. The molecule has 0 fully saturated rings. The van der Waals surface area contributed by atoms with E-state index in [9.17, 15) is 4.79 Å². The van der Waals surface area contributed by atoms with Gasteiger partial charge in [-0.05, 0) is 23.5 Å². The Labute approximate surface area is 155 Å². The Hall–Kier alpha value is 0.326. The van der Waals surface area contributed by atoms with Gasteiger partial charge >= 0.3 is 51.4 Å². The van der Waals surface area contributed by atoms with Crippen molar-refractivity contribution in [3.05, 3.63) is 42.8 Å². The van der Waals surface area contributed by atoms with Crippen LogP contribution in [0.15, 0.2) is 24.3 Å². The number of carbonyl (C=O) groups excluding carboxylic acids is 1. The SMILES string of the molecule is CC.CC(C)Cc1ccccc1CNC=O.[CH3-].[K+]. The summed E-state index contributed by atoms with van der Waals surface area (Å²) in [5.74, 6) is 0.646. The van der Waals surface area contributed by atoms with E-state index in [4.69, 9.17) is 0 Å². The molecule has 0 heterocycles. The van der Waals surface area contributed by atoms with Crippen LogP contribution in [-0.4, -0.2) is 6.41 Å². The van der Waals surface area contributed by atoms with Gasteiger partial charge in [0.15, 0.2) is 0 Å². The van der Waals surface area contributed by atoms with Crippen molar-refractivity contribution in [2.75, 3.05) is 0 Å². The van der Waals surface area contributed by atoms with E-state index in [2.05, 4.69) is 31.3 Å². The summed E-state index contributed by atoms with van der Waals surface area (Å²) in [5, 5.41) is 2.70. The first kappa shape index (κ1) is 23.4. The van der Waals surface area contributed by atoms with Crippen molar-refractivity contribution >= 4 is 6.41 Å². The monoisotopic (exact) mass is 275 g/mol. The summed E-state index contributed by atoms with van der Waals surface area (Å²) < 4.78 is 0. The van der Waals surface area contributed by atoms with Crippen molar-refractivity contribution in [1.82, 2.24) is 5.32 Å². The van der Waals surface area contributed by atoms with E-state index in [0.717, 1.165) is 12.8 Å². The standard InChI is InChI=1S/C12H17NO.C2H6.CH3.K/c1-10(2)7-11-5-3-4-6-12(11)8-13-9-14;1-2;;/h3-6,9-10H,7-8H2,1-2H3,(H,13,14);1-2H3;1H3;/q;;-1;+1. The van der Waals surface area contributed by atoms with Crippen LogP contribution in [0.25, 0.3) is 0 Å². The van der Waals surface area contributed by atoms with Gasteiger partial charge < -0.3 is 12.7 Å². The Morgan fingerprint density at radius 3 is 2.11 bits per heavy atom. The maximum atomic E-state index is 10.2. The Morgan fingerprint density at radius 2 is 1.67 bits per heavy atom. The second-order valence-electron chi connectivity index (χ2n) is 3.87. The predicted molar refractivity (Wildman–Crippen MR) is 75.6 cm³/mol. The van der Waals surface area contributed by atoms with Crippen LogP contribution in [0.2, 0.25) is 0 Å². The molecule has 3 heteroatoms. The van der Waals surface area contributed by atoms with Gasteiger partial charge in [-0.3, -0.25) is 4.79 Å². The van der Waals surface area contributed by atoms with Gasteiger partial charge in [0, 0.05) is 6.54 Å². The third kappa shape index (κ3) is 10.3. The van der Waals surface area contributed by atoms with Crippen LogP contribution in [0.5, 0.6) is 0 Å². The molecule has 1 aromatic carbocycles. The first-order chi connectivity index (χ1) is 7.74. The van der Waals surface area contributed by atoms with Crippen molar-refractivity contribution in [3.8, 4) is 0 Å². The second kappa shape index (κ2) is 15.4. The molecule has 0 aliphatic carbocycles. The minimum Gasteiger partial charge on any atom is -0.358 e. The van der Waals surface area contributed by atoms with Gasteiger partial charge in [0.25, 0.3) is 0 Å². The third-order valence-electron chi connectivity index (χ3n) is 2.12. The summed E-state index contributed by atoms with van der Waals surface area (Å²) in [6.45, 7) is 9.03. The predicted octanol–water partition coefficient (Wildman–Crippen LogP) is 0.612. The zero-order chi connectivity index (χ0) is 12.4. The Morgan fingerprint density at radius 1 is 1.17 bits per heavy atom. The largest absolute Gasteiger partial charge is 1.00 e. The normalized spacial score (nSPS) is 8.28. The van der Waals surface area contributed by atoms with Gasteiger partial charge in [0.05, 0.1) is 0 Å². The van der Waals surface area contributed by atoms with Gasteiger partial charge in [0.1, 0.15) is 0 Å². The zero-order valence-corrected chi connectivity index (χ0v) is 15.9. The third-order valence-corrected chi connectivity index (χ3v) is 2.12. The van der Waals surface area contributed by atoms with E-state index in [1.165, 1.54) is 11.1 Å². The smallest absolute Gasteiger partial charge is 0.358 e. The Kier molecular flexibility index (Phi) is 20.0. The molecular weight excluding hydrogens is 249 g/mol. The van der Waals surface area contributed by atoms with Crippen LogP contribution in [0, 0.1) is 13.3 Å².